The highest BCUT2D eigenvalue weighted by molar-refractivity contribution is 4.91. The fraction of sp³-hybridized carbons (Fsp3) is 1.00. The van der Waals surface area contributed by atoms with Gasteiger partial charge in [0.05, 0.1) is 12.2 Å². The highest BCUT2D eigenvalue weighted by atomic mass is 16.5. The smallest absolute Gasteiger partial charge is 0.0575 e. The summed E-state index contributed by atoms with van der Waals surface area (Å²) >= 11 is 0. The third-order valence-corrected chi connectivity index (χ3v) is 8.08. The molecule has 0 radical (unpaired) electrons. The summed E-state index contributed by atoms with van der Waals surface area (Å²) in [4.78, 5) is 0. The van der Waals surface area contributed by atoms with Crippen LogP contribution in [0.2, 0.25) is 0 Å². The maximum absolute atomic E-state index is 6.19. The quantitative estimate of drug-likeness (QED) is 0.337. The van der Waals surface area contributed by atoms with E-state index >= 15 is 0 Å². The third-order valence-electron chi connectivity index (χ3n) is 8.08. The molecule has 31 heavy (non-hydrogen) atoms. The zero-order valence-electron chi connectivity index (χ0n) is 23.3. The maximum atomic E-state index is 6.19. The second kappa shape index (κ2) is 17.4. The van der Waals surface area contributed by atoms with Crippen molar-refractivity contribution in [3.05, 3.63) is 0 Å². The van der Waals surface area contributed by atoms with Gasteiger partial charge in [-0.3, -0.25) is 0 Å². The summed E-state index contributed by atoms with van der Waals surface area (Å²) in [6.45, 7) is 24.2. The molecule has 188 valence electrons. The maximum Gasteiger partial charge on any atom is 0.0575 e. The van der Waals surface area contributed by atoms with Gasteiger partial charge in [-0.15, -0.1) is 0 Å². The van der Waals surface area contributed by atoms with Crippen molar-refractivity contribution in [1.29, 1.82) is 0 Å². The molecule has 0 aliphatic heterocycles. The lowest BCUT2D eigenvalue weighted by Gasteiger charge is -2.46. The molecule has 2 aliphatic rings. The molecular weight excluding hydrogens is 380 g/mol. The molecule has 2 aliphatic carbocycles. The lowest BCUT2D eigenvalue weighted by atomic mass is 9.60. The lowest BCUT2D eigenvalue weighted by molar-refractivity contribution is -0.0437. The van der Waals surface area contributed by atoms with Crippen LogP contribution in [0.1, 0.15) is 133 Å². The van der Waals surface area contributed by atoms with Crippen LogP contribution >= 0.6 is 0 Å². The summed E-state index contributed by atoms with van der Waals surface area (Å²) in [7, 11) is 0. The fourth-order valence-corrected chi connectivity index (χ4v) is 5.12. The van der Waals surface area contributed by atoms with Crippen molar-refractivity contribution < 1.29 is 9.47 Å². The Bertz CT molecular complexity index is 354. The van der Waals surface area contributed by atoms with E-state index in [1.165, 1.54) is 64.2 Å². The van der Waals surface area contributed by atoms with E-state index in [4.69, 9.17) is 9.47 Å². The van der Waals surface area contributed by atoms with Crippen molar-refractivity contribution >= 4 is 0 Å². The van der Waals surface area contributed by atoms with Gasteiger partial charge in [0.1, 0.15) is 0 Å². The average molecular weight is 441 g/mol. The molecule has 2 fully saturated rings. The van der Waals surface area contributed by atoms with Crippen molar-refractivity contribution in [2.24, 2.45) is 29.1 Å². The minimum atomic E-state index is 0.476. The summed E-state index contributed by atoms with van der Waals surface area (Å²) in [6.07, 6.45) is 14.1. The van der Waals surface area contributed by atoms with Crippen LogP contribution in [-0.2, 0) is 9.47 Å². The van der Waals surface area contributed by atoms with Gasteiger partial charge in [-0.05, 0) is 80.5 Å². The van der Waals surface area contributed by atoms with E-state index in [0.717, 1.165) is 25.0 Å². The van der Waals surface area contributed by atoms with Gasteiger partial charge in [0.2, 0.25) is 0 Å². The van der Waals surface area contributed by atoms with E-state index in [9.17, 15) is 0 Å². The molecule has 2 saturated carbocycles. The fourth-order valence-electron chi connectivity index (χ4n) is 5.12. The molecule has 0 N–H and O–H groups in total. The number of ether oxygens (including phenoxy) is 2. The van der Waals surface area contributed by atoms with E-state index < -0.39 is 0 Å². The Morgan fingerprint density at radius 1 is 0.613 bits per heavy atom. The van der Waals surface area contributed by atoms with E-state index in [2.05, 4.69) is 41.5 Å². The molecule has 2 nitrogen and oxygen atoms in total. The normalized spacial score (nSPS) is 28.5. The van der Waals surface area contributed by atoms with Crippen LogP contribution in [0.3, 0.4) is 0 Å². The molecule has 0 saturated heterocycles. The molecule has 2 heteroatoms. The topological polar surface area (TPSA) is 18.5 Å². The first-order valence-electron chi connectivity index (χ1n) is 14.1. The summed E-state index contributed by atoms with van der Waals surface area (Å²) < 4.78 is 12.4. The van der Waals surface area contributed by atoms with Crippen molar-refractivity contribution in [2.75, 3.05) is 13.2 Å². The van der Waals surface area contributed by atoms with Crippen molar-refractivity contribution in [2.45, 2.75) is 146 Å². The second-order valence-electron chi connectivity index (χ2n) is 10.5. The Kier molecular flexibility index (Phi) is 17.4. The Labute approximate surface area is 197 Å². The van der Waals surface area contributed by atoms with Crippen molar-refractivity contribution in [3.63, 3.8) is 0 Å². The number of hydrogen-bond donors (Lipinski definition) is 0. The first-order valence-corrected chi connectivity index (χ1v) is 14.1. The van der Waals surface area contributed by atoms with Crippen LogP contribution < -0.4 is 0 Å². The van der Waals surface area contributed by atoms with Gasteiger partial charge in [-0.25, -0.2) is 0 Å². The molecule has 0 heterocycles. The molecule has 0 amide bonds. The number of hydrogen-bond acceptors (Lipinski definition) is 2. The van der Waals surface area contributed by atoms with E-state index in [1.807, 2.05) is 27.7 Å². The Hall–Kier alpha value is -0.0800. The average Bonchev–Trinajstić information content (AvgIpc) is 2.84. The van der Waals surface area contributed by atoms with Crippen LogP contribution in [0.15, 0.2) is 0 Å². The largest absolute Gasteiger partial charge is 0.378 e. The molecule has 2 unspecified atom stereocenters. The van der Waals surface area contributed by atoms with Gasteiger partial charge < -0.3 is 9.47 Å². The zero-order valence-corrected chi connectivity index (χ0v) is 23.3. The zero-order chi connectivity index (χ0) is 23.9. The Morgan fingerprint density at radius 3 is 1.16 bits per heavy atom. The van der Waals surface area contributed by atoms with E-state index in [0.29, 0.717) is 29.5 Å². The van der Waals surface area contributed by atoms with Crippen LogP contribution in [-0.4, -0.2) is 25.4 Å². The van der Waals surface area contributed by atoms with Gasteiger partial charge in [-0.2, -0.15) is 0 Å². The Morgan fingerprint density at radius 2 is 0.903 bits per heavy atom. The van der Waals surface area contributed by atoms with Crippen LogP contribution in [0.25, 0.3) is 0 Å². The van der Waals surface area contributed by atoms with Crippen LogP contribution in [0.4, 0.5) is 0 Å². The first kappa shape index (κ1) is 30.9. The summed E-state index contributed by atoms with van der Waals surface area (Å²) in [6, 6.07) is 0. The van der Waals surface area contributed by atoms with Crippen LogP contribution in [0.5, 0.6) is 0 Å². The van der Waals surface area contributed by atoms with Crippen molar-refractivity contribution in [3.8, 4) is 0 Å². The standard InChI is InChI=1S/C25H48O2.2C2H6/c1-7-19(3)17-26-23-13-9-21(10-14-23)25(5,6)22-11-15-24(16-12-22)27-18-20(4)8-2;2*1-2/h19-24H,7-18H2,1-6H3;2*1-2H3. The van der Waals surface area contributed by atoms with E-state index in [-0.39, 0.29) is 0 Å². The summed E-state index contributed by atoms with van der Waals surface area (Å²) in [5.41, 5.74) is 0.476. The van der Waals surface area contributed by atoms with Gasteiger partial charge in [-0.1, -0.05) is 82.1 Å². The van der Waals surface area contributed by atoms with Gasteiger partial charge in [0.15, 0.2) is 0 Å². The molecule has 0 spiro atoms. The minimum Gasteiger partial charge on any atom is -0.378 e. The van der Waals surface area contributed by atoms with Crippen molar-refractivity contribution in [1.82, 2.24) is 0 Å². The SMILES string of the molecule is CC.CC.CCC(C)COC1CCC(C(C)(C)C2CCC(OCC(C)CC)CC2)CC1. The molecule has 0 bridgehead atoms. The van der Waals surface area contributed by atoms with E-state index in [1.54, 1.807) is 0 Å². The first-order chi connectivity index (χ1) is 14.9. The van der Waals surface area contributed by atoms with Gasteiger partial charge in [0.25, 0.3) is 0 Å². The lowest BCUT2D eigenvalue weighted by Crippen LogP contribution is -2.39. The molecule has 2 atom stereocenters. The molecule has 0 aromatic carbocycles. The Balaban J connectivity index is 0.00000212. The molecule has 0 aromatic heterocycles. The predicted molar refractivity (Wildman–Crippen MR) is 139 cm³/mol. The summed E-state index contributed by atoms with van der Waals surface area (Å²) in [5, 5.41) is 0. The minimum absolute atomic E-state index is 0.476. The molecule has 2 rings (SSSR count). The van der Waals surface area contributed by atoms with Gasteiger partial charge in [0, 0.05) is 13.2 Å². The molecular formula is C29H60O2. The third kappa shape index (κ3) is 11.1. The van der Waals surface area contributed by atoms with Gasteiger partial charge >= 0.3 is 0 Å². The monoisotopic (exact) mass is 440 g/mol. The highest BCUT2D eigenvalue weighted by Crippen LogP contribution is 2.48. The predicted octanol–water partition coefficient (Wildman–Crippen LogP) is 9.31. The van der Waals surface area contributed by atoms with Crippen LogP contribution in [0, 0.1) is 29.1 Å². The summed E-state index contributed by atoms with van der Waals surface area (Å²) in [5.74, 6) is 3.17. The number of rotatable bonds is 10. The second-order valence-corrected chi connectivity index (χ2v) is 10.5. The molecule has 0 aromatic rings. The highest BCUT2D eigenvalue weighted by Gasteiger charge is 2.40.